The lowest BCUT2D eigenvalue weighted by Crippen LogP contribution is -2.29. The van der Waals surface area contributed by atoms with E-state index in [1.165, 1.54) is 12.5 Å². The summed E-state index contributed by atoms with van der Waals surface area (Å²) in [5.74, 6) is 1.85. The number of para-hydroxylation sites is 1. The minimum atomic E-state index is -0.0231. The quantitative estimate of drug-likeness (QED) is 0.759. The first kappa shape index (κ1) is 20.4. The van der Waals surface area contributed by atoms with E-state index < -0.39 is 0 Å². The standard InChI is InChI=1S/C23H30N4O3/c1-16(28)24-11-12-27-14-19-8-7-18-13-26(15-20(18)23(19)25-27)22(29)10-9-17-5-3-4-6-21(17)30-2/h3-6,14,18,20H,7-13,15H2,1-2H3,(H,24,28)/t18-,20+/m1/s1. The van der Waals surface area contributed by atoms with Crippen LogP contribution >= 0.6 is 0 Å². The number of likely N-dealkylation sites (tertiary alicyclic amines) is 1. The van der Waals surface area contributed by atoms with E-state index in [-0.39, 0.29) is 11.8 Å². The third-order valence-corrected chi connectivity index (χ3v) is 6.32. The van der Waals surface area contributed by atoms with Crippen molar-refractivity contribution in [2.75, 3.05) is 26.7 Å². The van der Waals surface area contributed by atoms with Crippen molar-refractivity contribution in [1.29, 1.82) is 0 Å². The van der Waals surface area contributed by atoms with Gasteiger partial charge in [-0.25, -0.2) is 0 Å². The van der Waals surface area contributed by atoms with Gasteiger partial charge in [0, 0.05) is 45.1 Å². The Morgan fingerprint density at radius 2 is 2.10 bits per heavy atom. The van der Waals surface area contributed by atoms with Gasteiger partial charge in [-0.15, -0.1) is 0 Å². The molecule has 160 valence electrons. The van der Waals surface area contributed by atoms with Crippen molar-refractivity contribution >= 4 is 11.8 Å². The van der Waals surface area contributed by atoms with Gasteiger partial charge in [-0.2, -0.15) is 5.10 Å². The zero-order chi connectivity index (χ0) is 21.1. The van der Waals surface area contributed by atoms with E-state index in [0.29, 0.717) is 37.8 Å². The van der Waals surface area contributed by atoms with E-state index in [1.54, 1.807) is 7.11 Å². The summed E-state index contributed by atoms with van der Waals surface area (Å²) in [6.07, 6.45) is 5.42. The van der Waals surface area contributed by atoms with Crippen molar-refractivity contribution < 1.29 is 14.3 Å². The van der Waals surface area contributed by atoms with Crippen LogP contribution < -0.4 is 10.1 Å². The molecule has 1 aliphatic carbocycles. The summed E-state index contributed by atoms with van der Waals surface area (Å²) in [4.78, 5) is 26.0. The van der Waals surface area contributed by atoms with E-state index in [2.05, 4.69) is 11.5 Å². The SMILES string of the molecule is COc1ccccc1CCC(=O)N1C[C@H]2CCc3cn(CCNC(C)=O)nc3[C@H]2C1. The van der Waals surface area contributed by atoms with Crippen molar-refractivity contribution in [2.45, 2.75) is 45.1 Å². The van der Waals surface area contributed by atoms with Crippen LogP contribution in [0.15, 0.2) is 30.5 Å². The second-order valence-electron chi connectivity index (χ2n) is 8.30. The third kappa shape index (κ3) is 4.35. The highest BCUT2D eigenvalue weighted by Crippen LogP contribution is 2.40. The van der Waals surface area contributed by atoms with E-state index in [0.717, 1.165) is 42.9 Å². The molecule has 1 fully saturated rings. The van der Waals surface area contributed by atoms with Gasteiger partial charge in [0.2, 0.25) is 11.8 Å². The molecule has 1 aliphatic heterocycles. The third-order valence-electron chi connectivity index (χ3n) is 6.32. The van der Waals surface area contributed by atoms with Crippen LogP contribution in [-0.2, 0) is 29.0 Å². The fourth-order valence-corrected chi connectivity index (χ4v) is 4.77. The number of ether oxygens (including phenoxy) is 1. The highest BCUT2D eigenvalue weighted by Gasteiger charge is 2.40. The molecule has 7 nitrogen and oxygen atoms in total. The van der Waals surface area contributed by atoms with Crippen LogP contribution in [0.25, 0.3) is 0 Å². The van der Waals surface area contributed by atoms with Crippen LogP contribution in [0, 0.1) is 5.92 Å². The molecule has 7 heteroatoms. The zero-order valence-electron chi connectivity index (χ0n) is 17.8. The van der Waals surface area contributed by atoms with Crippen molar-refractivity contribution in [1.82, 2.24) is 20.0 Å². The van der Waals surface area contributed by atoms with Gasteiger partial charge in [0.1, 0.15) is 5.75 Å². The fourth-order valence-electron chi connectivity index (χ4n) is 4.77. The first-order valence-electron chi connectivity index (χ1n) is 10.8. The number of nitrogens with one attached hydrogen (secondary N) is 1. The molecule has 1 N–H and O–H groups in total. The summed E-state index contributed by atoms with van der Waals surface area (Å²) in [5, 5.41) is 7.63. The summed E-state index contributed by atoms with van der Waals surface area (Å²) in [6, 6.07) is 7.89. The molecule has 2 heterocycles. The average molecular weight is 411 g/mol. The van der Waals surface area contributed by atoms with Crippen LogP contribution in [0.2, 0.25) is 0 Å². The summed E-state index contributed by atoms with van der Waals surface area (Å²) >= 11 is 0. The van der Waals surface area contributed by atoms with Crippen LogP contribution in [0.1, 0.15) is 42.5 Å². The van der Waals surface area contributed by atoms with Crippen molar-refractivity contribution in [3.63, 3.8) is 0 Å². The molecule has 1 aromatic heterocycles. The number of rotatable bonds is 7. The normalized spacial score (nSPS) is 19.9. The molecule has 30 heavy (non-hydrogen) atoms. The lowest BCUT2D eigenvalue weighted by molar-refractivity contribution is -0.130. The van der Waals surface area contributed by atoms with E-state index >= 15 is 0 Å². The number of aromatic nitrogens is 2. The fraction of sp³-hybridized carbons (Fsp3) is 0.522. The molecule has 4 rings (SSSR count). The second-order valence-corrected chi connectivity index (χ2v) is 8.30. The van der Waals surface area contributed by atoms with Gasteiger partial charge in [-0.1, -0.05) is 18.2 Å². The van der Waals surface area contributed by atoms with Gasteiger partial charge in [-0.05, 0) is 42.4 Å². The van der Waals surface area contributed by atoms with Gasteiger partial charge in [0.05, 0.1) is 19.3 Å². The van der Waals surface area contributed by atoms with Crippen molar-refractivity contribution in [2.24, 2.45) is 5.92 Å². The Morgan fingerprint density at radius 3 is 2.90 bits per heavy atom. The summed E-state index contributed by atoms with van der Waals surface area (Å²) in [6.45, 7) is 4.36. The Hall–Kier alpha value is -2.83. The minimum absolute atomic E-state index is 0.0231. The molecule has 0 radical (unpaired) electrons. The van der Waals surface area contributed by atoms with Crippen molar-refractivity contribution in [3.8, 4) is 5.75 Å². The van der Waals surface area contributed by atoms with Gasteiger partial charge >= 0.3 is 0 Å². The van der Waals surface area contributed by atoms with Gasteiger partial charge in [0.15, 0.2) is 0 Å². The number of carbonyl (C=O) groups is 2. The minimum Gasteiger partial charge on any atom is -0.496 e. The molecule has 2 aliphatic rings. The summed E-state index contributed by atoms with van der Waals surface area (Å²) < 4.78 is 7.34. The smallest absolute Gasteiger partial charge is 0.222 e. The predicted octanol–water partition coefficient (Wildman–Crippen LogP) is 2.15. The van der Waals surface area contributed by atoms with Gasteiger partial charge < -0.3 is 15.0 Å². The maximum Gasteiger partial charge on any atom is 0.222 e. The maximum absolute atomic E-state index is 12.9. The monoisotopic (exact) mass is 410 g/mol. The topological polar surface area (TPSA) is 76.5 Å². The molecule has 0 spiro atoms. The van der Waals surface area contributed by atoms with E-state index in [1.807, 2.05) is 33.8 Å². The number of hydrogen-bond donors (Lipinski definition) is 1. The molecule has 0 saturated carbocycles. The average Bonchev–Trinajstić information content (AvgIpc) is 3.35. The van der Waals surface area contributed by atoms with Gasteiger partial charge in [0.25, 0.3) is 0 Å². The molecule has 0 bridgehead atoms. The number of carbonyl (C=O) groups excluding carboxylic acids is 2. The van der Waals surface area contributed by atoms with E-state index in [4.69, 9.17) is 9.84 Å². The first-order chi connectivity index (χ1) is 14.5. The lowest BCUT2D eigenvalue weighted by Gasteiger charge is -2.22. The Morgan fingerprint density at radius 1 is 1.27 bits per heavy atom. The highest BCUT2D eigenvalue weighted by molar-refractivity contribution is 5.77. The Labute approximate surface area is 177 Å². The molecule has 0 unspecified atom stereocenters. The predicted molar refractivity (Wildman–Crippen MR) is 113 cm³/mol. The number of methoxy groups -OCH3 is 1. The number of nitrogens with zero attached hydrogens (tertiary/aromatic N) is 3. The molecule has 1 saturated heterocycles. The van der Waals surface area contributed by atoms with E-state index in [9.17, 15) is 9.59 Å². The Bertz CT molecular complexity index is 923. The number of hydrogen-bond acceptors (Lipinski definition) is 4. The van der Waals surface area contributed by atoms with Crippen molar-refractivity contribution in [3.05, 3.63) is 47.3 Å². The van der Waals surface area contributed by atoms with Crippen LogP contribution in [-0.4, -0.2) is 53.2 Å². The molecule has 2 aromatic rings. The first-order valence-corrected chi connectivity index (χ1v) is 10.8. The number of benzene rings is 1. The maximum atomic E-state index is 12.9. The Balaban J connectivity index is 1.36. The number of fused-ring (bicyclic) bond motifs is 3. The van der Waals surface area contributed by atoms with Crippen LogP contribution in [0.3, 0.4) is 0 Å². The summed E-state index contributed by atoms with van der Waals surface area (Å²) in [5.41, 5.74) is 3.52. The zero-order valence-corrected chi connectivity index (χ0v) is 17.8. The molecule has 2 atom stereocenters. The summed E-state index contributed by atoms with van der Waals surface area (Å²) in [7, 11) is 1.67. The molecule has 2 amide bonds. The Kier molecular flexibility index (Phi) is 6.06. The highest BCUT2D eigenvalue weighted by atomic mass is 16.5. The molecular weight excluding hydrogens is 380 g/mol. The molecular formula is C23H30N4O3. The largest absolute Gasteiger partial charge is 0.496 e. The van der Waals surface area contributed by atoms with Crippen LogP contribution in [0.5, 0.6) is 5.75 Å². The molecule has 1 aromatic carbocycles. The second kappa shape index (κ2) is 8.90. The lowest BCUT2D eigenvalue weighted by atomic mass is 9.81. The number of aryl methyl sites for hydroxylation is 2. The van der Waals surface area contributed by atoms with Crippen LogP contribution in [0.4, 0.5) is 0 Å². The number of amides is 2. The van der Waals surface area contributed by atoms with Gasteiger partial charge in [-0.3, -0.25) is 14.3 Å².